The van der Waals surface area contributed by atoms with E-state index < -0.39 is 17.3 Å². The summed E-state index contributed by atoms with van der Waals surface area (Å²) in [6.45, 7) is 1.86. The Morgan fingerprint density at radius 3 is 2.77 bits per heavy atom. The summed E-state index contributed by atoms with van der Waals surface area (Å²) in [6.07, 6.45) is 6.31. The Morgan fingerprint density at radius 2 is 2.00 bits per heavy atom. The van der Waals surface area contributed by atoms with Gasteiger partial charge in [0, 0.05) is 16.8 Å². The molecular formula is C24H20ClFN2O2. The fraction of sp³-hybridized carbons (Fsp3) is 0.250. The van der Waals surface area contributed by atoms with Crippen LogP contribution in [0, 0.1) is 12.7 Å². The minimum absolute atomic E-state index is 0.243. The summed E-state index contributed by atoms with van der Waals surface area (Å²) in [7, 11) is 0. The van der Waals surface area contributed by atoms with Crippen molar-refractivity contribution in [2.75, 3.05) is 5.32 Å². The average molecular weight is 423 g/mol. The molecule has 1 aliphatic carbocycles. The molecule has 2 aromatic rings. The third-order valence-corrected chi connectivity index (χ3v) is 6.61. The fourth-order valence-corrected chi connectivity index (χ4v) is 5.22. The van der Waals surface area contributed by atoms with Crippen LogP contribution in [-0.2, 0) is 15.0 Å². The Bertz CT molecular complexity index is 1170. The Morgan fingerprint density at radius 1 is 1.17 bits per heavy atom. The van der Waals surface area contributed by atoms with Crippen molar-refractivity contribution in [2.24, 2.45) is 0 Å². The molecule has 0 radical (unpaired) electrons. The number of hydrogen-bond donors (Lipinski definition) is 2. The van der Waals surface area contributed by atoms with Crippen molar-refractivity contribution in [1.29, 1.82) is 0 Å². The number of hydrogen-bond acceptors (Lipinski definition) is 2. The van der Waals surface area contributed by atoms with Gasteiger partial charge in [0.25, 0.3) is 0 Å². The van der Waals surface area contributed by atoms with Gasteiger partial charge in [-0.2, -0.15) is 0 Å². The Hall–Kier alpha value is -2.92. The predicted octanol–water partition coefficient (Wildman–Crippen LogP) is 4.89. The van der Waals surface area contributed by atoms with Gasteiger partial charge in [0.2, 0.25) is 11.8 Å². The van der Waals surface area contributed by atoms with E-state index in [2.05, 4.69) is 16.7 Å². The first kappa shape index (κ1) is 19.1. The standard InChI is InChI=1S/C24H20ClFN2O2/c1-13-6-8-16(26)11-17(13)22-24(18-9-7-15(25)10-20(18)27-23(24)30)19(12-21(29)28-22)14-4-2-3-5-14/h4,6-12,22H,2-3,5H2,1H3,(H,27,30)(H,28,29)/t22-,24+/m1/s1. The van der Waals surface area contributed by atoms with Crippen LogP contribution in [0.25, 0.3) is 0 Å². The third-order valence-electron chi connectivity index (χ3n) is 6.37. The quantitative estimate of drug-likeness (QED) is 0.724. The Balaban J connectivity index is 1.84. The molecule has 0 saturated carbocycles. The van der Waals surface area contributed by atoms with Crippen LogP contribution in [-0.4, -0.2) is 11.8 Å². The number of aryl methyl sites for hydroxylation is 1. The SMILES string of the molecule is Cc1ccc(F)cc1[C@H]1NC(=O)C=C(C2=CCCC2)[C@]12C(=O)Nc1cc(Cl)ccc12. The zero-order valence-corrected chi connectivity index (χ0v) is 17.1. The van der Waals surface area contributed by atoms with E-state index in [9.17, 15) is 14.0 Å². The highest BCUT2D eigenvalue weighted by atomic mass is 35.5. The average Bonchev–Trinajstić information content (AvgIpc) is 3.33. The van der Waals surface area contributed by atoms with Crippen molar-refractivity contribution in [3.05, 3.63) is 87.2 Å². The van der Waals surface area contributed by atoms with E-state index >= 15 is 0 Å². The van der Waals surface area contributed by atoms with Gasteiger partial charge in [-0.3, -0.25) is 9.59 Å². The number of carbonyl (C=O) groups excluding carboxylic acids is 2. The van der Waals surface area contributed by atoms with Crippen molar-refractivity contribution in [1.82, 2.24) is 5.32 Å². The van der Waals surface area contributed by atoms with Crippen molar-refractivity contribution >= 4 is 29.1 Å². The highest BCUT2D eigenvalue weighted by Gasteiger charge is 2.58. The topological polar surface area (TPSA) is 58.2 Å². The van der Waals surface area contributed by atoms with E-state index in [-0.39, 0.29) is 11.8 Å². The van der Waals surface area contributed by atoms with E-state index in [1.165, 1.54) is 18.2 Å². The molecule has 0 aromatic heterocycles. The molecule has 3 aliphatic rings. The van der Waals surface area contributed by atoms with Crippen LogP contribution in [0.5, 0.6) is 0 Å². The van der Waals surface area contributed by atoms with Gasteiger partial charge < -0.3 is 10.6 Å². The molecule has 0 saturated heterocycles. The summed E-state index contributed by atoms with van der Waals surface area (Å²) in [5.74, 6) is -0.939. The normalized spacial score (nSPS) is 25.0. The number of rotatable bonds is 2. The molecule has 30 heavy (non-hydrogen) atoms. The molecule has 6 heteroatoms. The second-order valence-corrected chi connectivity index (χ2v) is 8.51. The van der Waals surface area contributed by atoms with Crippen LogP contribution in [0.2, 0.25) is 5.02 Å². The Labute approximate surface area is 178 Å². The van der Waals surface area contributed by atoms with Crippen LogP contribution in [0.3, 0.4) is 0 Å². The number of anilines is 1. The molecule has 0 unspecified atom stereocenters. The second kappa shape index (κ2) is 6.81. The molecule has 5 rings (SSSR count). The van der Waals surface area contributed by atoms with E-state index in [0.717, 1.165) is 36.0 Å². The summed E-state index contributed by atoms with van der Waals surface area (Å²) < 4.78 is 14.3. The Kier molecular flexibility index (Phi) is 4.33. The number of halogens is 2. The van der Waals surface area contributed by atoms with E-state index in [0.29, 0.717) is 21.8 Å². The van der Waals surface area contributed by atoms with Gasteiger partial charge in [-0.25, -0.2) is 4.39 Å². The van der Waals surface area contributed by atoms with Gasteiger partial charge in [-0.1, -0.05) is 29.8 Å². The number of nitrogens with one attached hydrogen (secondary N) is 2. The lowest BCUT2D eigenvalue weighted by Gasteiger charge is -2.42. The summed E-state index contributed by atoms with van der Waals surface area (Å²) >= 11 is 6.19. The van der Waals surface area contributed by atoms with Gasteiger partial charge in [0.05, 0.1) is 6.04 Å². The minimum atomic E-state index is -1.19. The van der Waals surface area contributed by atoms with Crippen LogP contribution in [0.1, 0.15) is 42.0 Å². The molecule has 2 amide bonds. The maximum Gasteiger partial charge on any atom is 0.244 e. The van der Waals surface area contributed by atoms with Crippen LogP contribution < -0.4 is 10.6 Å². The zero-order valence-electron chi connectivity index (χ0n) is 16.4. The molecule has 2 N–H and O–H groups in total. The second-order valence-electron chi connectivity index (χ2n) is 8.07. The first-order chi connectivity index (χ1) is 14.4. The number of fused-ring (bicyclic) bond motifs is 2. The summed E-state index contributed by atoms with van der Waals surface area (Å²) in [4.78, 5) is 26.5. The van der Waals surface area contributed by atoms with Crippen LogP contribution in [0.15, 0.2) is 59.7 Å². The van der Waals surface area contributed by atoms with Gasteiger partial charge >= 0.3 is 0 Å². The van der Waals surface area contributed by atoms with Gasteiger partial charge in [0.15, 0.2) is 0 Å². The lowest BCUT2D eigenvalue weighted by molar-refractivity contribution is -0.123. The number of benzene rings is 2. The van der Waals surface area contributed by atoms with Crippen molar-refractivity contribution < 1.29 is 14.0 Å². The molecule has 0 fully saturated rings. The predicted molar refractivity (Wildman–Crippen MR) is 114 cm³/mol. The first-order valence-corrected chi connectivity index (χ1v) is 10.4. The fourth-order valence-electron chi connectivity index (χ4n) is 5.05. The lowest BCUT2D eigenvalue weighted by Crippen LogP contribution is -2.53. The van der Waals surface area contributed by atoms with Crippen molar-refractivity contribution in [3.63, 3.8) is 0 Å². The monoisotopic (exact) mass is 422 g/mol. The largest absolute Gasteiger partial charge is 0.344 e. The van der Waals surface area contributed by atoms with Crippen LogP contribution in [0.4, 0.5) is 10.1 Å². The maximum atomic E-state index is 14.3. The molecular weight excluding hydrogens is 403 g/mol. The summed E-state index contributed by atoms with van der Waals surface area (Å²) in [6, 6.07) is 9.02. The summed E-state index contributed by atoms with van der Waals surface area (Å²) in [5, 5.41) is 6.44. The van der Waals surface area contributed by atoms with Gasteiger partial charge in [-0.05, 0) is 78.3 Å². The number of carbonyl (C=O) groups is 2. The van der Waals surface area contributed by atoms with Crippen LogP contribution >= 0.6 is 11.6 Å². The molecule has 2 heterocycles. The first-order valence-electron chi connectivity index (χ1n) is 10.0. The molecule has 2 atom stereocenters. The molecule has 0 bridgehead atoms. The third kappa shape index (κ3) is 2.65. The smallest absolute Gasteiger partial charge is 0.244 e. The molecule has 4 nitrogen and oxygen atoms in total. The van der Waals surface area contributed by atoms with Gasteiger partial charge in [0.1, 0.15) is 11.2 Å². The van der Waals surface area contributed by atoms with E-state index in [4.69, 9.17) is 11.6 Å². The highest BCUT2D eigenvalue weighted by Crippen LogP contribution is 2.55. The maximum absolute atomic E-state index is 14.3. The van der Waals surface area contributed by atoms with E-state index in [1.807, 2.05) is 13.0 Å². The summed E-state index contributed by atoms with van der Waals surface area (Å²) in [5.41, 5.74) is 3.25. The highest BCUT2D eigenvalue weighted by molar-refractivity contribution is 6.31. The molecule has 2 aromatic carbocycles. The van der Waals surface area contributed by atoms with Gasteiger partial charge in [-0.15, -0.1) is 0 Å². The molecule has 1 spiro atoms. The van der Waals surface area contributed by atoms with Crippen molar-refractivity contribution in [2.45, 2.75) is 37.6 Å². The van der Waals surface area contributed by atoms with Crippen molar-refractivity contribution in [3.8, 4) is 0 Å². The van der Waals surface area contributed by atoms with E-state index in [1.54, 1.807) is 18.2 Å². The minimum Gasteiger partial charge on any atom is -0.344 e. The molecule has 2 aliphatic heterocycles. The lowest BCUT2D eigenvalue weighted by atomic mass is 9.63. The number of amides is 2. The number of allylic oxidation sites excluding steroid dienone is 2. The molecule has 152 valence electrons. The zero-order chi connectivity index (χ0) is 21.0.